The van der Waals surface area contributed by atoms with Crippen LogP contribution in [0.2, 0.25) is 0 Å². The van der Waals surface area contributed by atoms with Crippen molar-refractivity contribution < 1.29 is 15.0 Å². The predicted octanol–water partition coefficient (Wildman–Crippen LogP) is 2.94. The van der Waals surface area contributed by atoms with Crippen molar-refractivity contribution in [2.75, 3.05) is 0 Å². The number of aliphatic hydroxyl groups is 1. The number of carboxylic acids is 1. The van der Waals surface area contributed by atoms with Crippen molar-refractivity contribution in [3.05, 3.63) is 71.8 Å². The van der Waals surface area contributed by atoms with Crippen molar-refractivity contribution in [2.45, 2.75) is 24.9 Å². The molecular weight excluding hydrogens is 252 g/mol. The quantitative estimate of drug-likeness (QED) is 0.898. The van der Waals surface area contributed by atoms with Gasteiger partial charge < -0.3 is 10.2 Å². The summed E-state index contributed by atoms with van der Waals surface area (Å²) in [6, 6.07) is 17.7. The fourth-order valence-electron chi connectivity index (χ4n) is 2.44. The summed E-state index contributed by atoms with van der Waals surface area (Å²) >= 11 is 0. The minimum atomic E-state index is -1.53. The zero-order chi connectivity index (χ0) is 14.8. The number of benzene rings is 2. The van der Waals surface area contributed by atoms with Gasteiger partial charge in [0.15, 0.2) is 0 Å². The molecule has 20 heavy (non-hydrogen) atoms. The molecule has 0 saturated carbocycles. The molecule has 0 amide bonds. The first-order valence-corrected chi connectivity index (χ1v) is 6.47. The van der Waals surface area contributed by atoms with Gasteiger partial charge in [-0.2, -0.15) is 0 Å². The van der Waals surface area contributed by atoms with Crippen LogP contribution in [0.4, 0.5) is 0 Å². The van der Waals surface area contributed by atoms with E-state index in [1.165, 1.54) is 0 Å². The molecule has 0 saturated heterocycles. The van der Waals surface area contributed by atoms with Gasteiger partial charge in [0.2, 0.25) is 0 Å². The molecule has 0 heterocycles. The molecule has 3 heteroatoms. The van der Waals surface area contributed by atoms with Crippen LogP contribution in [0.1, 0.15) is 25.0 Å². The van der Waals surface area contributed by atoms with E-state index >= 15 is 0 Å². The van der Waals surface area contributed by atoms with Crippen molar-refractivity contribution in [1.29, 1.82) is 0 Å². The summed E-state index contributed by atoms with van der Waals surface area (Å²) in [6.07, 6.45) is 0. The lowest BCUT2D eigenvalue weighted by atomic mass is 9.66. The molecule has 2 atom stereocenters. The van der Waals surface area contributed by atoms with Gasteiger partial charge in [0.25, 0.3) is 0 Å². The molecular formula is C17H18O3. The molecule has 0 aromatic heterocycles. The highest BCUT2D eigenvalue weighted by Crippen LogP contribution is 2.42. The predicted molar refractivity (Wildman–Crippen MR) is 77.4 cm³/mol. The van der Waals surface area contributed by atoms with Gasteiger partial charge in [0, 0.05) is 0 Å². The number of rotatable bonds is 4. The molecule has 104 valence electrons. The highest BCUT2D eigenvalue weighted by Gasteiger charge is 2.51. The Kier molecular flexibility index (Phi) is 3.64. The molecule has 3 nitrogen and oxygen atoms in total. The van der Waals surface area contributed by atoms with Crippen LogP contribution in [0.15, 0.2) is 60.7 Å². The Balaban J connectivity index is 2.62. The fourth-order valence-corrected chi connectivity index (χ4v) is 2.44. The van der Waals surface area contributed by atoms with Gasteiger partial charge in [0.1, 0.15) is 11.0 Å². The highest BCUT2D eigenvalue weighted by atomic mass is 16.4. The van der Waals surface area contributed by atoms with Crippen LogP contribution in [0, 0.1) is 0 Å². The summed E-state index contributed by atoms with van der Waals surface area (Å²) in [4.78, 5) is 11.9. The van der Waals surface area contributed by atoms with Crippen LogP contribution in [0.3, 0.4) is 0 Å². The van der Waals surface area contributed by atoms with E-state index in [2.05, 4.69) is 0 Å². The van der Waals surface area contributed by atoms with Gasteiger partial charge in [-0.15, -0.1) is 0 Å². The van der Waals surface area contributed by atoms with Gasteiger partial charge in [-0.3, -0.25) is 4.79 Å². The summed E-state index contributed by atoms with van der Waals surface area (Å²) in [5.74, 6) is -1.06. The summed E-state index contributed by atoms with van der Waals surface area (Å²) in [5, 5.41) is 20.7. The van der Waals surface area contributed by atoms with Crippen LogP contribution in [0.25, 0.3) is 0 Å². The lowest BCUT2D eigenvalue weighted by Crippen LogP contribution is -2.50. The van der Waals surface area contributed by atoms with E-state index in [1.807, 2.05) is 12.1 Å². The topological polar surface area (TPSA) is 57.5 Å². The van der Waals surface area contributed by atoms with Crippen molar-refractivity contribution in [2.24, 2.45) is 0 Å². The molecule has 0 radical (unpaired) electrons. The summed E-state index contributed by atoms with van der Waals surface area (Å²) in [7, 11) is 0. The first-order valence-electron chi connectivity index (χ1n) is 6.47. The van der Waals surface area contributed by atoms with Crippen LogP contribution in [0.5, 0.6) is 0 Å². The Morgan fingerprint density at radius 1 is 0.850 bits per heavy atom. The Labute approximate surface area is 118 Å². The van der Waals surface area contributed by atoms with Crippen LogP contribution < -0.4 is 0 Å². The number of hydrogen-bond acceptors (Lipinski definition) is 2. The maximum Gasteiger partial charge on any atom is 0.317 e. The monoisotopic (exact) mass is 270 g/mol. The lowest BCUT2D eigenvalue weighted by Gasteiger charge is -2.40. The molecule has 0 aliphatic carbocycles. The summed E-state index contributed by atoms with van der Waals surface area (Å²) in [5.41, 5.74) is -1.81. The number of carbonyl (C=O) groups is 1. The van der Waals surface area contributed by atoms with E-state index in [4.69, 9.17) is 0 Å². The molecule has 0 unspecified atom stereocenters. The van der Waals surface area contributed by atoms with Crippen molar-refractivity contribution in [1.82, 2.24) is 0 Å². The largest absolute Gasteiger partial charge is 0.480 e. The van der Waals surface area contributed by atoms with Crippen LogP contribution >= 0.6 is 0 Å². The molecule has 0 bridgehead atoms. The average molecular weight is 270 g/mol. The molecule has 0 aliphatic rings. The first-order chi connectivity index (χ1) is 9.40. The molecule has 0 spiro atoms. The fraction of sp³-hybridized carbons (Fsp3) is 0.235. The lowest BCUT2D eigenvalue weighted by molar-refractivity contribution is -0.155. The summed E-state index contributed by atoms with van der Waals surface area (Å²) < 4.78 is 0. The van der Waals surface area contributed by atoms with Gasteiger partial charge >= 0.3 is 5.97 Å². The van der Waals surface area contributed by atoms with E-state index in [0.717, 1.165) is 0 Å². The van der Waals surface area contributed by atoms with Crippen molar-refractivity contribution in [3.8, 4) is 0 Å². The normalized spacial score (nSPS) is 16.9. The zero-order valence-electron chi connectivity index (χ0n) is 11.6. The highest BCUT2D eigenvalue weighted by molar-refractivity contribution is 5.83. The summed E-state index contributed by atoms with van der Waals surface area (Å²) in [6.45, 7) is 3.10. The van der Waals surface area contributed by atoms with E-state index in [1.54, 1.807) is 62.4 Å². The second-order valence-electron chi connectivity index (χ2n) is 5.23. The maximum absolute atomic E-state index is 11.9. The first kappa shape index (κ1) is 14.3. The third kappa shape index (κ3) is 2.10. The molecule has 2 aromatic rings. The maximum atomic E-state index is 11.9. The van der Waals surface area contributed by atoms with E-state index in [-0.39, 0.29) is 0 Å². The smallest absolute Gasteiger partial charge is 0.317 e. The molecule has 2 aromatic carbocycles. The minimum Gasteiger partial charge on any atom is -0.480 e. The zero-order valence-corrected chi connectivity index (χ0v) is 11.6. The van der Waals surface area contributed by atoms with Gasteiger partial charge in [0.05, 0.1) is 0 Å². The standard InChI is InChI=1S/C17H18O3/c1-16(15(18)19,13-9-5-3-6-10-13)17(2,20)14-11-7-4-8-12-14/h3-12,20H,1-2H3,(H,18,19)/t16-,17+/m0/s1. The van der Waals surface area contributed by atoms with Gasteiger partial charge in [-0.1, -0.05) is 60.7 Å². The number of aliphatic carboxylic acids is 1. The molecule has 0 aliphatic heterocycles. The van der Waals surface area contributed by atoms with Crippen molar-refractivity contribution >= 4 is 5.97 Å². The van der Waals surface area contributed by atoms with E-state index < -0.39 is 17.0 Å². The Hall–Kier alpha value is -2.13. The van der Waals surface area contributed by atoms with E-state index in [0.29, 0.717) is 11.1 Å². The van der Waals surface area contributed by atoms with Gasteiger partial charge in [-0.05, 0) is 25.0 Å². The second-order valence-corrected chi connectivity index (χ2v) is 5.23. The van der Waals surface area contributed by atoms with Crippen LogP contribution in [-0.2, 0) is 15.8 Å². The Morgan fingerprint density at radius 2 is 1.25 bits per heavy atom. The Morgan fingerprint density at radius 3 is 1.65 bits per heavy atom. The van der Waals surface area contributed by atoms with E-state index in [9.17, 15) is 15.0 Å². The van der Waals surface area contributed by atoms with Crippen molar-refractivity contribution in [3.63, 3.8) is 0 Å². The number of carboxylic acid groups (broad SMARTS) is 1. The molecule has 2 rings (SSSR count). The second kappa shape index (κ2) is 5.10. The number of hydrogen-bond donors (Lipinski definition) is 2. The molecule has 0 fully saturated rings. The minimum absolute atomic E-state index is 0.571. The van der Waals surface area contributed by atoms with Crippen LogP contribution in [-0.4, -0.2) is 16.2 Å². The SMILES string of the molecule is C[C@@](O)(c1ccccc1)[C@](C)(C(=O)O)c1ccccc1. The third-order valence-electron chi connectivity index (χ3n) is 4.09. The average Bonchev–Trinajstić information content (AvgIpc) is 2.47. The third-order valence-corrected chi connectivity index (χ3v) is 4.09. The Bertz CT molecular complexity index is 590. The molecule has 2 N–H and O–H groups in total. The van der Waals surface area contributed by atoms with Gasteiger partial charge in [-0.25, -0.2) is 0 Å².